The number of anilines is 2. The standard InChI is InChI=1S/C15H20N6O/c1-20-5-7-21(8-6-20)13-9-12(18-15(16)19-13)11-3-4-14(22-2)17-10-11/h3-4,9-10H,5-8H2,1-2H3,(H2,16,18,19). The zero-order valence-corrected chi connectivity index (χ0v) is 12.9. The Morgan fingerprint density at radius 2 is 1.91 bits per heavy atom. The number of nitrogen functional groups attached to an aromatic ring is 1. The molecule has 0 bridgehead atoms. The Morgan fingerprint density at radius 1 is 1.14 bits per heavy atom. The molecule has 3 rings (SSSR count). The zero-order chi connectivity index (χ0) is 15.5. The van der Waals surface area contributed by atoms with Crippen LogP contribution in [0.1, 0.15) is 0 Å². The Bertz CT molecular complexity index is 637. The molecule has 0 unspecified atom stereocenters. The second kappa shape index (κ2) is 6.15. The number of ether oxygens (including phenoxy) is 1. The van der Waals surface area contributed by atoms with E-state index in [4.69, 9.17) is 10.5 Å². The Kier molecular flexibility index (Phi) is 4.06. The van der Waals surface area contributed by atoms with Crippen molar-refractivity contribution in [2.75, 3.05) is 51.0 Å². The lowest BCUT2D eigenvalue weighted by Gasteiger charge is -2.33. The topological polar surface area (TPSA) is 80.4 Å². The summed E-state index contributed by atoms with van der Waals surface area (Å²) in [7, 11) is 3.72. The molecule has 22 heavy (non-hydrogen) atoms. The van der Waals surface area contributed by atoms with Gasteiger partial charge in [-0.05, 0) is 13.1 Å². The molecule has 2 aromatic rings. The highest BCUT2D eigenvalue weighted by molar-refractivity contribution is 5.64. The largest absolute Gasteiger partial charge is 0.481 e. The van der Waals surface area contributed by atoms with Crippen molar-refractivity contribution in [3.63, 3.8) is 0 Å². The first kappa shape index (κ1) is 14.5. The lowest BCUT2D eigenvalue weighted by Crippen LogP contribution is -2.44. The van der Waals surface area contributed by atoms with Gasteiger partial charge in [-0.15, -0.1) is 0 Å². The minimum absolute atomic E-state index is 0.280. The van der Waals surface area contributed by atoms with Crippen molar-refractivity contribution >= 4 is 11.8 Å². The van der Waals surface area contributed by atoms with E-state index >= 15 is 0 Å². The highest BCUT2D eigenvalue weighted by atomic mass is 16.5. The minimum Gasteiger partial charge on any atom is -0.481 e. The molecule has 7 heteroatoms. The van der Waals surface area contributed by atoms with E-state index in [1.807, 2.05) is 18.2 Å². The van der Waals surface area contributed by atoms with Crippen LogP contribution < -0.4 is 15.4 Å². The second-order valence-electron chi connectivity index (χ2n) is 5.35. The summed E-state index contributed by atoms with van der Waals surface area (Å²) >= 11 is 0. The number of hydrogen-bond acceptors (Lipinski definition) is 7. The summed E-state index contributed by atoms with van der Waals surface area (Å²) in [6, 6.07) is 5.69. The summed E-state index contributed by atoms with van der Waals surface area (Å²) in [6.45, 7) is 3.91. The van der Waals surface area contributed by atoms with Gasteiger partial charge in [0.15, 0.2) is 0 Å². The molecule has 0 aromatic carbocycles. The van der Waals surface area contributed by atoms with Crippen molar-refractivity contribution < 1.29 is 4.74 Å². The van der Waals surface area contributed by atoms with Crippen LogP contribution in [0.25, 0.3) is 11.3 Å². The lowest BCUT2D eigenvalue weighted by molar-refractivity contribution is 0.312. The van der Waals surface area contributed by atoms with Gasteiger partial charge in [0.1, 0.15) is 5.82 Å². The first-order valence-electron chi connectivity index (χ1n) is 7.24. The van der Waals surface area contributed by atoms with Crippen LogP contribution in [-0.4, -0.2) is 60.2 Å². The van der Waals surface area contributed by atoms with E-state index in [1.54, 1.807) is 13.3 Å². The molecule has 1 aliphatic rings. The van der Waals surface area contributed by atoms with Crippen LogP contribution >= 0.6 is 0 Å². The molecule has 0 saturated carbocycles. The quantitative estimate of drug-likeness (QED) is 0.901. The Balaban J connectivity index is 1.88. The monoisotopic (exact) mass is 300 g/mol. The average Bonchev–Trinajstić information content (AvgIpc) is 2.55. The third-order valence-electron chi connectivity index (χ3n) is 3.80. The molecule has 0 radical (unpaired) electrons. The fourth-order valence-corrected chi connectivity index (χ4v) is 2.45. The predicted octanol–water partition coefficient (Wildman–Crippen LogP) is 0.881. The van der Waals surface area contributed by atoms with Crippen molar-refractivity contribution in [3.8, 4) is 17.1 Å². The molecule has 2 aromatic heterocycles. The number of nitrogens with zero attached hydrogens (tertiary/aromatic N) is 5. The van der Waals surface area contributed by atoms with Crippen molar-refractivity contribution in [1.29, 1.82) is 0 Å². The van der Waals surface area contributed by atoms with E-state index < -0.39 is 0 Å². The molecule has 3 heterocycles. The molecule has 0 spiro atoms. The number of nitrogens with two attached hydrogens (primary N) is 1. The third-order valence-corrected chi connectivity index (χ3v) is 3.80. The number of hydrogen-bond donors (Lipinski definition) is 1. The molecule has 1 fully saturated rings. The molecule has 1 saturated heterocycles. The fraction of sp³-hybridized carbons (Fsp3) is 0.400. The van der Waals surface area contributed by atoms with E-state index in [1.165, 1.54) is 0 Å². The van der Waals surface area contributed by atoms with Crippen LogP contribution in [0.5, 0.6) is 5.88 Å². The molecule has 116 valence electrons. The van der Waals surface area contributed by atoms with Crippen LogP contribution in [0.3, 0.4) is 0 Å². The number of likely N-dealkylation sites (N-methyl/N-ethyl adjacent to an activating group) is 1. The first-order chi connectivity index (χ1) is 10.7. The van der Waals surface area contributed by atoms with Gasteiger partial charge in [-0.25, -0.2) is 9.97 Å². The number of pyridine rings is 1. The van der Waals surface area contributed by atoms with E-state index in [2.05, 4.69) is 31.8 Å². The molecular weight excluding hydrogens is 280 g/mol. The Labute approximate surface area is 129 Å². The van der Waals surface area contributed by atoms with Crippen molar-refractivity contribution in [1.82, 2.24) is 19.9 Å². The van der Waals surface area contributed by atoms with Crippen molar-refractivity contribution in [2.24, 2.45) is 0 Å². The second-order valence-corrected chi connectivity index (χ2v) is 5.35. The molecule has 0 amide bonds. The van der Waals surface area contributed by atoms with Gasteiger partial charge in [0, 0.05) is 50.1 Å². The van der Waals surface area contributed by atoms with E-state index in [0.717, 1.165) is 43.3 Å². The van der Waals surface area contributed by atoms with Crippen molar-refractivity contribution in [2.45, 2.75) is 0 Å². The summed E-state index contributed by atoms with van der Waals surface area (Å²) < 4.78 is 5.08. The lowest BCUT2D eigenvalue weighted by atomic mass is 10.2. The van der Waals surface area contributed by atoms with Crippen LogP contribution in [0.2, 0.25) is 0 Å². The first-order valence-corrected chi connectivity index (χ1v) is 7.24. The average molecular weight is 300 g/mol. The van der Waals surface area contributed by atoms with E-state index in [9.17, 15) is 0 Å². The zero-order valence-electron chi connectivity index (χ0n) is 12.9. The third kappa shape index (κ3) is 3.09. The van der Waals surface area contributed by atoms with Gasteiger partial charge in [0.05, 0.1) is 12.8 Å². The van der Waals surface area contributed by atoms with E-state index in [0.29, 0.717) is 5.88 Å². The maximum absolute atomic E-state index is 5.88. The molecular formula is C15H20N6O. The molecule has 0 atom stereocenters. The summed E-state index contributed by atoms with van der Waals surface area (Å²) in [5.41, 5.74) is 7.55. The van der Waals surface area contributed by atoms with Gasteiger partial charge in [-0.2, -0.15) is 4.98 Å². The van der Waals surface area contributed by atoms with Gasteiger partial charge in [0.2, 0.25) is 11.8 Å². The van der Waals surface area contributed by atoms with Crippen LogP contribution in [0.4, 0.5) is 11.8 Å². The van der Waals surface area contributed by atoms with Gasteiger partial charge in [-0.1, -0.05) is 0 Å². The number of aromatic nitrogens is 3. The Morgan fingerprint density at radius 3 is 2.55 bits per heavy atom. The fourth-order valence-electron chi connectivity index (χ4n) is 2.45. The van der Waals surface area contributed by atoms with Gasteiger partial charge in [0.25, 0.3) is 0 Å². The van der Waals surface area contributed by atoms with Crippen LogP contribution in [-0.2, 0) is 0 Å². The van der Waals surface area contributed by atoms with Gasteiger partial charge in [-0.3, -0.25) is 0 Å². The van der Waals surface area contributed by atoms with Gasteiger partial charge < -0.3 is 20.3 Å². The molecule has 0 aliphatic carbocycles. The summed E-state index contributed by atoms with van der Waals surface area (Å²) in [6.07, 6.45) is 1.73. The SMILES string of the molecule is COc1ccc(-c2cc(N3CCN(C)CC3)nc(N)n2)cn1. The normalized spacial score (nSPS) is 15.8. The predicted molar refractivity (Wildman–Crippen MR) is 85.9 cm³/mol. The maximum atomic E-state index is 5.88. The molecule has 1 aliphatic heterocycles. The molecule has 7 nitrogen and oxygen atoms in total. The van der Waals surface area contributed by atoms with Gasteiger partial charge >= 0.3 is 0 Å². The van der Waals surface area contributed by atoms with Crippen LogP contribution in [0, 0.1) is 0 Å². The highest BCUT2D eigenvalue weighted by Crippen LogP contribution is 2.24. The van der Waals surface area contributed by atoms with E-state index in [-0.39, 0.29) is 5.95 Å². The molecule has 2 N–H and O–H groups in total. The number of methoxy groups -OCH3 is 1. The summed E-state index contributed by atoms with van der Waals surface area (Å²) in [5.74, 6) is 1.72. The Hall–Kier alpha value is -2.41. The van der Waals surface area contributed by atoms with Crippen LogP contribution in [0.15, 0.2) is 24.4 Å². The minimum atomic E-state index is 0.280. The maximum Gasteiger partial charge on any atom is 0.222 e. The summed E-state index contributed by atoms with van der Waals surface area (Å²) in [4.78, 5) is 17.4. The number of rotatable bonds is 3. The number of piperazine rings is 1. The van der Waals surface area contributed by atoms with Crippen molar-refractivity contribution in [3.05, 3.63) is 24.4 Å². The smallest absolute Gasteiger partial charge is 0.222 e. The highest BCUT2D eigenvalue weighted by Gasteiger charge is 2.17. The summed E-state index contributed by atoms with van der Waals surface area (Å²) in [5, 5.41) is 0.